The van der Waals surface area contributed by atoms with Gasteiger partial charge in [0.2, 0.25) is 11.8 Å². The molecule has 13 nitrogen and oxygen atoms in total. The van der Waals surface area contributed by atoms with E-state index in [4.69, 9.17) is 0 Å². The maximum absolute atomic E-state index is 16.1. The standard InChI is InChI=1S/C40H36F5N9O4/c1-51-35-26(4-2-6-31(35)54(38(51)58)32-12-13-34(55)49-37(32)57)27-14-15-52(21-39(27,41)42)19-22-8-10-25(11-9-22)53-20-24-17-29(23(18-46)16-30(24)50-53)48-36(56)28-5-3-7-33(47-28)40(43,44)45/h2-7,14,16-17,20,22,25,32H,8-13,15,19,21H2,1H3,(H,48,56)(H,49,55,57)/t22-,25-,32?. The number of aryl methyl sites for hydroxylation is 1. The summed E-state index contributed by atoms with van der Waals surface area (Å²) >= 11 is 0. The summed E-state index contributed by atoms with van der Waals surface area (Å²) in [5.74, 6) is -5.03. The van der Waals surface area contributed by atoms with Gasteiger partial charge in [0.1, 0.15) is 23.5 Å². The summed E-state index contributed by atoms with van der Waals surface area (Å²) in [5, 5.41) is 19.8. The average Bonchev–Trinajstić information content (AvgIpc) is 3.71. The van der Waals surface area contributed by atoms with Gasteiger partial charge in [0, 0.05) is 49.3 Å². The number of rotatable bonds is 7. The number of nitrogens with one attached hydrogen (secondary N) is 2. The normalized spacial score (nSPS) is 21.5. The van der Waals surface area contributed by atoms with Gasteiger partial charge in [0.25, 0.3) is 11.8 Å². The number of piperidine rings is 1. The van der Waals surface area contributed by atoms with Gasteiger partial charge in [0.05, 0.1) is 40.4 Å². The molecule has 8 rings (SSSR count). The lowest BCUT2D eigenvalue weighted by atomic mass is 9.85. The van der Waals surface area contributed by atoms with E-state index in [2.05, 4.69) is 20.7 Å². The molecule has 0 spiro atoms. The maximum atomic E-state index is 16.1. The first-order chi connectivity index (χ1) is 27.6. The van der Waals surface area contributed by atoms with Crippen LogP contribution in [-0.4, -0.2) is 72.1 Å². The summed E-state index contributed by atoms with van der Waals surface area (Å²) in [5.41, 5.74) is -0.882. The number of fused-ring (bicyclic) bond motifs is 2. The van der Waals surface area contributed by atoms with Gasteiger partial charge in [0.15, 0.2) is 0 Å². The van der Waals surface area contributed by atoms with Gasteiger partial charge in [-0.1, -0.05) is 24.3 Å². The van der Waals surface area contributed by atoms with Gasteiger partial charge in [-0.05, 0) is 68.4 Å². The van der Waals surface area contributed by atoms with Crippen molar-refractivity contribution < 1.29 is 36.3 Å². The third kappa shape index (κ3) is 7.14. The Balaban J connectivity index is 0.931. The first kappa shape index (κ1) is 38.6. The first-order valence-corrected chi connectivity index (χ1v) is 18.7. The Hall–Kier alpha value is -6.22. The molecule has 1 aliphatic carbocycles. The molecule has 1 saturated heterocycles. The van der Waals surface area contributed by atoms with Crippen molar-refractivity contribution in [3.63, 3.8) is 0 Å². The Labute approximate surface area is 326 Å². The Kier molecular flexibility index (Phi) is 9.74. The predicted octanol–water partition coefficient (Wildman–Crippen LogP) is 5.97. The third-order valence-corrected chi connectivity index (χ3v) is 11.3. The summed E-state index contributed by atoms with van der Waals surface area (Å²) in [6, 6.07) is 11.8. The Morgan fingerprint density at radius 3 is 2.52 bits per heavy atom. The van der Waals surface area contributed by atoms with Gasteiger partial charge >= 0.3 is 11.9 Å². The number of alkyl halides is 5. The van der Waals surface area contributed by atoms with Crippen LogP contribution in [0.4, 0.5) is 27.6 Å². The molecule has 58 heavy (non-hydrogen) atoms. The fourth-order valence-corrected chi connectivity index (χ4v) is 8.47. The van der Waals surface area contributed by atoms with Crippen LogP contribution >= 0.6 is 0 Å². The largest absolute Gasteiger partial charge is 0.433 e. The zero-order chi connectivity index (χ0) is 41.1. The van der Waals surface area contributed by atoms with E-state index >= 15 is 8.78 Å². The summed E-state index contributed by atoms with van der Waals surface area (Å²) < 4.78 is 75.9. The van der Waals surface area contributed by atoms with Gasteiger partial charge in [-0.3, -0.25) is 38.4 Å². The van der Waals surface area contributed by atoms with Crippen molar-refractivity contribution >= 4 is 50.9 Å². The van der Waals surface area contributed by atoms with Crippen molar-refractivity contribution in [2.24, 2.45) is 13.0 Å². The molecule has 2 fully saturated rings. The third-order valence-electron chi connectivity index (χ3n) is 11.3. The summed E-state index contributed by atoms with van der Waals surface area (Å²) in [6.45, 7) is 0.222. The summed E-state index contributed by atoms with van der Waals surface area (Å²) in [7, 11) is 1.48. The molecule has 18 heteroatoms. The number of nitriles is 1. The Morgan fingerprint density at radius 2 is 1.81 bits per heavy atom. The minimum Gasteiger partial charge on any atom is -0.319 e. The van der Waals surface area contributed by atoms with Crippen molar-refractivity contribution in [1.82, 2.24) is 34.1 Å². The number of aromatic nitrogens is 5. The van der Waals surface area contributed by atoms with Crippen molar-refractivity contribution in [2.75, 3.05) is 25.0 Å². The molecule has 0 bridgehead atoms. The quantitative estimate of drug-likeness (QED) is 0.151. The molecule has 300 valence electrons. The van der Waals surface area contributed by atoms with Crippen LogP contribution in [0.5, 0.6) is 0 Å². The minimum absolute atomic E-state index is 0.00422. The molecule has 1 unspecified atom stereocenters. The number of halogens is 5. The van der Waals surface area contributed by atoms with E-state index in [-0.39, 0.29) is 53.7 Å². The number of amides is 3. The van der Waals surface area contributed by atoms with Crippen LogP contribution in [0.1, 0.15) is 77.9 Å². The van der Waals surface area contributed by atoms with E-state index in [1.54, 1.807) is 40.0 Å². The number of carbonyl (C=O) groups is 3. The number of pyridine rings is 1. The van der Waals surface area contributed by atoms with Crippen LogP contribution in [0, 0.1) is 17.2 Å². The summed E-state index contributed by atoms with van der Waals surface area (Å²) in [4.78, 5) is 55.8. The van der Waals surface area contributed by atoms with E-state index < -0.39 is 59.5 Å². The van der Waals surface area contributed by atoms with Crippen LogP contribution in [0.2, 0.25) is 0 Å². The van der Waals surface area contributed by atoms with Gasteiger partial charge in [-0.15, -0.1) is 0 Å². The minimum atomic E-state index is -4.73. The molecular formula is C40H36F5N9O4. The topological polar surface area (TPSA) is 160 Å². The fourth-order valence-electron chi connectivity index (χ4n) is 8.47. The molecule has 5 heterocycles. The Bertz CT molecular complexity index is 2630. The fraction of sp³-hybridized carbons (Fsp3) is 0.375. The molecule has 3 amide bonds. The van der Waals surface area contributed by atoms with Gasteiger partial charge in [-0.25, -0.2) is 9.78 Å². The molecule has 5 aromatic rings. The number of para-hydroxylation sites is 1. The zero-order valence-electron chi connectivity index (χ0n) is 31.0. The second-order valence-electron chi connectivity index (χ2n) is 15.1. The van der Waals surface area contributed by atoms with Crippen LogP contribution in [-0.2, 0) is 22.8 Å². The van der Waals surface area contributed by atoms with Gasteiger partial charge in [-0.2, -0.15) is 32.3 Å². The number of hydrogen-bond donors (Lipinski definition) is 2. The number of carbonyl (C=O) groups excluding carboxylic acids is 3. The predicted molar refractivity (Wildman–Crippen MR) is 201 cm³/mol. The lowest BCUT2D eigenvalue weighted by Gasteiger charge is -2.37. The van der Waals surface area contributed by atoms with Crippen molar-refractivity contribution in [2.45, 2.75) is 62.7 Å². The zero-order valence-corrected chi connectivity index (χ0v) is 31.0. The Morgan fingerprint density at radius 1 is 1.05 bits per heavy atom. The highest BCUT2D eigenvalue weighted by atomic mass is 19.4. The monoisotopic (exact) mass is 801 g/mol. The highest BCUT2D eigenvalue weighted by molar-refractivity contribution is 6.05. The molecule has 1 saturated carbocycles. The maximum Gasteiger partial charge on any atom is 0.433 e. The highest BCUT2D eigenvalue weighted by Crippen LogP contribution is 2.41. The van der Waals surface area contributed by atoms with Gasteiger partial charge < -0.3 is 5.32 Å². The summed E-state index contributed by atoms with van der Waals surface area (Å²) in [6.07, 6.45) is 1.70. The molecule has 3 aromatic heterocycles. The number of benzene rings is 2. The van der Waals surface area contributed by atoms with E-state index in [0.29, 0.717) is 28.5 Å². The van der Waals surface area contributed by atoms with Crippen molar-refractivity contribution in [1.29, 1.82) is 5.26 Å². The number of nitrogens with zero attached hydrogens (tertiary/aromatic N) is 7. The molecule has 3 aliphatic rings. The smallest absolute Gasteiger partial charge is 0.319 e. The van der Waals surface area contributed by atoms with Crippen molar-refractivity contribution in [3.05, 3.63) is 93.8 Å². The SMILES string of the molecule is Cn1c(=O)n(C2CCC(=O)NC2=O)c2cccc(C3=CCN(C[C@H]4CC[C@H](n5cc6cc(NC(=O)c7cccc(C(F)(F)F)n7)c(C#N)cc6n5)CC4)CC3(F)F)c21. The molecular weight excluding hydrogens is 765 g/mol. The van der Waals surface area contributed by atoms with Crippen molar-refractivity contribution in [3.8, 4) is 6.07 Å². The van der Waals surface area contributed by atoms with E-state index in [0.717, 1.165) is 43.9 Å². The van der Waals surface area contributed by atoms with E-state index in [1.165, 1.54) is 28.3 Å². The lowest BCUT2D eigenvalue weighted by molar-refractivity contribution is -0.141. The molecule has 2 aliphatic heterocycles. The number of imidazole rings is 1. The van der Waals surface area contributed by atoms with E-state index in [9.17, 15) is 37.6 Å². The van der Waals surface area contributed by atoms with Crippen LogP contribution in [0.15, 0.2) is 65.6 Å². The molecule has 1 atom stereocenters. The molecule has 0 radical (unpaired) electrons. The number of hydrogen-bond acceptors (Lipinski definition) is 8. The number of anilines is 1. The highest BCUT2D eigenvalue weighted by Gasteiger charge is 2.42. The number of imide groups is 1. The molecule has 2 aromatic carbocycles. The van der Waals surface area contributed by atoms with E-state index in [1.807, 2.05) is 6.07 Å². The van der Waals surface area contributed by atoms with Crippen LogP contribution < -0.4 is 16.3 Å². The molecule has 2 N–H and O–H groups in total. The van der Waals surface area contributed by atoms with Crippen LogP contribution in [0.25, 0.3) is 27.5 Å². The first-order valence-electron chi connectivity index (χ1n) is 18.7. The van der Waals surface area contributed by atoms with Crippen LogP contribution in [0.3, 0.4) is 0 Å². The second-order valence-corrected chi connectivity index (χ2v) is 15.1. The second kappa shape index (κ2) is 14.6. The average molecular weight is 802 g/mol. The lowest BCUT2D eigenvalue weighted by Crippen LogP contribution is -2.44.